The number of carbonyl (C=O) groups excluding carboxylic acids is 3. The highest BCUT2D eigenvalue weighted by molar-refractivity contribution is 9.11. The van der Waals surface area contributed by atoms with E-state index in [1.807, 2.05) is 44.2 Å². The fourth-order valence-electron chi connectivity index (χ4n) is 5.19. The molecule has 9 heteroatoms. The standard InChI is InChI=1S/C30H42BrNO7/c1-21(2)24-20-38-29(36)32(24)28(35)23(18-22-14-10-9-11-15-22)27-25(34)19-26(31)30(37,39-27)16-12-7-5-3-4-6-8-13-17-33/h9-11,14-15,19,21,23-24,27,33,37H,3-8,12-13,16-18,20H2,1-2H3/t23-,24+,27-,30+/m0/s1. The van der Waals surface area contributed by atoms with Gasteiger partial charge < -0.3 is 19.7 Å². The minimum atomic E-state index is -1.74. The molecule has 216 valence electrons. The van der Waals surface area contributed by atoms with Crippen LogP contribution in [0.2, 0.25) is 0 Å². The zero-order valence-corrected chi connectivity index (χ0v) is 24.6. The molecule has 0 unspecified atom stereocenters. The number of benzene rings is 1. The summed E-state index contributed by atoms with van der Waals surface area (Å²) >= 11 is 3.33. The number of nitrogens with zero attached hydrogens (tertiary/aromatic N) is 1. The van der Waals surface area contributed by atoms with Crippen molar-refractivity contribution in [3.8, 4) is 0 Å². The first-order valence-electron chi connectivity index (χ1n) is 14.1. The second-order valence-electron chi connectivity index (χ2n) is 10.9. The van der Waals surface area contributed by atoms with E-state index in [1.54, 1.807) is 0 Å². The topological polar surface area (TPSA) is 113 Å². The Labute approximate surface area is 239 Å². The van der Waals surface area contributed by atoms with Gasteiger partial charge in [0.15, 0.2) is 11.6 Å². The van der Waals surface area contributed by atoms with Gasteiger partial charge in [0.25, 0.3) is 0 Å². The van der Waals surface area contributed by atoms with Crippen LogP contribution in [-0.2, 0) is 25.5 Å². The number of hydrogen-bond acceptors (Lipinski definition) is 7. The number of unbranched alkanes of at least 4 members (excludes halogenated alkanes) is 7. The van der Waals surface area contributed by atoms with Gasteiger partial charge in [0, 0.05) is 13.0 Å². The first-order valence-corrected chi connectivity index (χ1v) is 14.9. The summed E-state index contributed by atoms with van der Waals surface area (Å²) in [5.41, 5.74) is 0.817. The van der Waals surface area contributed by atoms with Crippen LogP contribution >= 0.6 is 15.9 Å². The van der Waals surface area contributed by atoms with Crippen LogP contribution in [0, 0.1) is 11.8 Å². The molecule has 8 nitrogen and oxygen atoms in total. The number of hydrogen-bond donors (Lipinski definition) is 2. The molecule has 0 saturated carbocycles. The summed E-state index contributed by atoms with van der Waals surface area (Å²) in [4.78, 5) is 40.9. The molecule has 1 aromatic carbocycles. The molecule has 1 saturated heterocycles. The minimum Gasteiger partial charge on any atom is -0.447 e. The van der Waals surface area contributed by atoms with Crippen LogP contribution in [0.4, 0.5) is 4.79 Å². The molecule has 2 aliphatic heterocycles. The molecule has 0 spiro atoms. The molecule has 0 aliphatic carbocycles. The van der Waals surface area contributed by atoms with Crippen LogP contribution < -0.4 is 0 Å². The van der Waals surface area contributed by atoms with Gasteiger partial charge in [-0.15, -0.1) is 0 Å². The Balaban J connectivity index is 1.73. The number of carbonyl (C=O) groups is 3. The lowest BCUT2D eigenvalue weighted by molar-refractivity contribution is -0.218. The molecule has 2 N–H and O–H groups in total. The maximum atomic E-state index is 13.9. The average molecular weight is 609 g/mol. The Morgan fingerprint density at radius 3 is 2.28 bits per heavy atom. The predicted octanol–water partition coefficient (Wildman–Crippen LogP) is 5.29. The summed E-state index contributed by atoms with van der Waals surface area (Å²) in [6.45, 7) is 4.17. The van der Waals surface area contributed by atoms with Crippen molar-refractivity contribution in [2.45, 2.75) is 96.0 Å². The molecule has 1 fully saturated rings. The number of imide groups is 1. The van der Waals surface area contributed by atoms with E-state index < -0.39 is 41.6 Å². The number of rotatable bonds is 15. The smallest absolute Gasteiger partial charge is 0.416 e. The third-order valence-electron chi connectivity index (χ3n) is 7.56. The van der Waals surface area contributed by atoms with E-state index in [9.17, 15) is 19.5 Å². The van der Waals surface area contributed by atoms with Crippen molar-refractivity contribution in [3.05, 3.63) is 46.5 Å². The lowest BCUT2D eigenvalue weighted by atomic mass is 9.87. The molecule has 0 aromatic heterocycles. The fourth-order valence-corrected chi connectivity index (χ4v) is 5.71. The highest BCUT2D eigenvalue weighted by Gasteiger charge is 2.50. The number of amides is 2. The Morgan fingerprint density at radius 2 is 1.67 bits per heavy atom. The lowest BCUT2D eigenvalue weighted by Gasteiger charge is -2.39. The maximum absolute atomic E-state index is 13.9. The van der Waals surface area contributed by atoms with Gasteiger partial charge >= 0.3 is 6.09 Å². The summed E-state index contributed by atoms with van der Waals surface area (Å²) in [6.07, 6.45) is 7.54. The molecule has 2 heterocycles. The molecule has 1 aromatic rings. The molecule has 3 rings (SSSR count). The monoisotopic (exact) mass is 607 g/mol. The highest BCUT2D eigenvalue weighted by Crippen LogP contribution is 2.38. The minimum absolute atomic E-state index is 0.0265. The van der Waals surface area contributed by atoms with Gasteiger partial charge in [-0.05, 0) is 52.7 Å². The van der Waals surface area contributed by atoms with Gasteiger partial charge in [-0.25, -0.2) is 9.69 Å². The highest BCUT2D eigenvalue weighted by atomic mass is 79.9. The molecule has 0 bridgehead atoms. The number of cyclic esters (lactones) is 1. The van der Waals surface area contributed by atoms with Gasteiger partial charge in [0.1, 0.15) is 12.7 Å². The van der Waals surface area contributed by atoms with Crippen LogP contribution in [0.3, 0.4) is 0 Å². The quantitative estimate of drug-likeness (QED) is 0.260. The summed E-state index contributed by atoms with van der Waals surface area (Å²) in [6, 6.07) is 8.84. The molecule has 4 atom stereocenters. The molecule has 2 aliphatic rings. The molecule has 39 heavy (non-hydrogen) atoms. The van der Waals surface area contributed by atoms with Gasteiger partial charge in [0.2, 0.25) is 5.91 Å². The molecular formula is C30H42BrNO7. The number of ether oxygens (including phenoxy) is 2. The van der Waals surface area contributed by atoms with Crippen molar-refractivity contribution in [2.75, 3.05) is 13.2 Å². The Kier molecular flexibility index (Phi) is 12.2. The average Bonchev–Trinajstić information content (AvgIpc) is 3.30. The largest absolute Gasteiger partial charge is 0.447 e. The Morgan fingerprint density at radius 1 is 1.05 bits per heavy atom. The van der Waals surface area contributed by atoms with E-state index in [1.165, 1.54) is 6.08 Å². The fraction of sp³-hybridized carbons (Fsp3) is 0.633. The van der Waals surface area contributed by atoms with Crippen LogP contribution in [0.1, 0.15) is 77.2 Å². The van der Waals surface area contributed by atoms with E-state index in [2.05, 4.69) is 15.9 Å². The Bertz CT molecular complexity index is 998. The van der Waals surface area contributed by atoms with Crippen molar-refractivity contribution in [1.29, 1.82) is 0 Å². The van der Waals surface area contributed by atoms with Crippen LogP contribution in [-0.4, -0.2) is 64.0 Å². The number of halogens is 1. The third kappa shape index (κ3) is 8.46. The number of aliphatic hydroxyl groups is 2. The van der Waals surface area contributed by atoms with Gasteiger partial charge in [0.05, 0.1) is 16.4 Å². The lowest BCUT2D eigenvalue weighted by Crippen LogP contribution is -2.54. The second-order valence-corrected chi connectivity index (χ2v) is 11.8. The number of aliphatic hydroxyl groups excluding tert-OH is 1. The summed E-state index contributed by atoms with van der Waals surface area (Å²) in [5.74, 6) is -3.75. The molecule has 2 amide bonds. The van der Waals surface area contributed by atoms with E-state index in [0.29, 0.717) is 6.42 Å². The van der Waals surface area contributed by atoms with Crippen molar-refractivity contribution >= 4 is 33.7 Å². The van der Waals surface area contributed by atoms with E-state index in [4.69, 9.17) is 14.6 Å². The van der Waals surface area contributed by atoms with E-state index >= 15 is 0 Å². The van der Waals surface area contributed by atoms with Gasteiger partial charge in [-0.2, -0.15) is 0 Å². The molecular weight excluding hydrogens is 566 g/mol. The van der Waals surface area contributed by atoms with Crippen molar-refractivity contribution < 1.29 is 34.1 Å². The van der Waals surface area contributed by atoms with E-state index in [-0.39, 0.29) is 36.5 Å². The summed E-state index contributed by atoms with van der Waals surface area (Å²) in [7, 11) is 0. The Hall–Kier alpha value is -2.07. The van der Waals surface area contributed by atoms with Crippen LogP contribution in [0.5, 0.6) is 0 Å². The zero-order valence-electron chi connectivity index (χ0n) is 23.0. The number of ketones is 1. The van der Waals surface area contributed by atoms with E-state index in [0.717, 1.165) is 55.4 Å². The van der Waals surface area contributed by atoms with Crippen LogP contribution in [0.25, 0.3) is 0 Å². The van der Waals surface area contributed by atoms with Crippen molar-refractivity contribution in [2.24, 2.45) is 11.8 Å². The second kappa shape index (κ2) is 15.1. The zero-order chi connectivity index (χ0) is 28.4. The van der Waals surface area contributed by atoms with Crippen molar-refractivity contribution in [3.63, 3.8) is 0 Å². The summed E-state index contributed by atoms with van der Waals surface area (Å²) < 4.78 is 11.5. The first kappa shape index (κ1) is 31.5. The van der Waals surface area contributed by atoms with Gasteiger partial charge in [-0.3, -0.25) is 9.59 Å². The normalized spacial score (nSPS) is 24.2. The SMILES string of the molecule is CC(C)[C@H]1COC(=O)N1C(=O)[C@@H](Cc1ccccc1)[C@@H]1O[C@](O)(CCCCCCCCCCO)C(Br)=CC1=O. The maximum Gasteiger partial charge on any atom is 0.416 e. The summed E-state index contributed by atoms with van der Waals surface area (Å²) in [5, 5.41) is 20.3. The van der Waals surface area contributed by atoms with Gasteiger partial charge in [-0.1, -0.05) is 82.7 Å². The van der Waals surface area contributed by atoms with Crippen molar-refractivity contribution in [1.82, 2.24) is 4.90 Å². The first-order chi connectivity index (χ1) is 18.7. The molecule has 0 radical (unpaired) electrons. The third-order valence-corrected chi connectivity index (χ3v) is 8.41. The van der Waals surface area contributed by atoms with Crippen LogP contribution in [0.15, 0.2) is 40.9 Å². The predicted molar refractivity (Wildman–Crippen MR) is 151 cm³/mol.